The first-order valence-corrected chi connectivity index (χ1v) is 7.63. The van der Waals surface area contributed by atoms with E-state index in [9.17, 15) is 9.90 Å². The van der Waals surface area contributed by atoms with Crippen molar-refractivity contribution in [1.82, 2.24) is 4.90 Å². The first kappa shape index (κ1) is 14.8. The van der Waals surface area contributed by atoms with Crippen molar-refractivity contribution >= 4 is 5.97 Å². The number of carboxylic acid groups (broad SMARTS) is 1. The molecule has 2 aliphatic rings. The van der Waals surface area contributed by atoms with Gasteiger partial charge in [-0.25, -0.2) is 0 Å². The highest BCUT2D eigenvalue weighted by atomic mass is 16.5. The second-order valence-electron chi connectivity index (χ2n) is 6.42. The number of hydrogen-bond donors (Lipinski definition) is 1. The summed E-state index contributed by atoms with van der Waals surface area (Å²) in [7, 11) is 0. The van der Waals surface area contributed by atoms with E-state index in [0.717, 1.165) is 45.4 Å². The Balaban J connectivity index is 2.02. The average molecular weight is 269 g/mol. The van der Waals surface area contributed by atoms with Crippen LogP contribution in [-0.2, 0) is 9.53 Å². The van der Waals surface area contributed by atoms with Crippen molar-refractivity contribution < 1.29 is 14.6 Å². The van der Waals surface area contributed by atoms with Crippen LogP contribution in [0.2, 0.25) is 0 Å². The third kappa shape index (κ3) is 3.48. The molecular formula is C15H27NO3. The molecule has 0 spiro atoms. The molecule has 4 heteroatoms. The van der Waals surface area contributed by atoms with Gasteiger partial charge in [0.15, 0.2) is 0 Å². The van der Waals surface area contributed by atoms with E-state index in [1.807, 2.05) is 0 Å². The molecule has 4 nitrogen and oxygen atoms in total. The van der Waals surface area contributed by atoms with Crippen LogP contribution in [0.15, 0.2) is 0 Å². The molecule has 1 aliphatic heterocycles. The summed E-state index contributed by atoms with van der Waals surface area (Å²) in [5, 5.41) is 9.70. The number of rotatable bonds is 4. The van der Waals surface area contributed by atoms with Crippen molar-refractivity contribution in [2.75, 3.05) is 26.2 Å². The van der Waals surface area contributed by atoms with Gasteiger partial charge in [0, 0.05) is 19.6 Å². The molecule has 1 N–H and O–H groups in total. The lowest BCUT2D eigenvalue weighted by Gasteiger charge is -2.42. The van der Waals surface area contributed by atoms with Crippen molar-refractivity contribution in [1.29, 1.82) is 0 Å². The lowest BCUT2D eigenvalue weighted by Crippen LogP contribution is -2.51. The Morgan fingerprint density at radius 1 is 1.53 bits per heavy atom. The molecule has 1 aliphatic carbocycles. The standard InChI is InChI=1S/C15H27NO3/c1-3-13-10-16(7-8-19-13)11-15(14(17)18)6-4-5-12(2)9-15/h12-13H,3-11H2,1-2H3,(H,17,18). The van der Waals surface area contributed by atoms with Gasteiger partial charge in [-0.3, -0.25) is 9.69 Å². The Kier molecular flexibility index (Phi) is 4.85. The normalized spacial score (nSPS) is 37.2. The van der Waals surface area contributed by atoms with Crippen LogP contribution in [0.1, 0.15) is 46.0 Å². The largest absolute Gasteiger partial charge is 0.481 e. The first-order valence-electron chi connectivity index (χ1n) is 7.63. The summed E-state index contributed by atoms with van der Waals surface area (Å²) in [5.41, 5.74) is -0.521. The number of carboxylic acids is 1. The molecular weight excluding hydrogens is 242 g/mol. The topological polar surface area (TPSA) is 49.8 Å². The van der Waals surface area contributed by atoms with Gasteiger partial charge in [0.1, 0.15) is 0 Å². The molecule has 0 radical (unpaired) electrons. The third-order valence-corrected chi connectivity index (χ3v) is 4.75. The lowest BCUT2D eigenvalue weighted by molar-refractivity contribution is -0.155. The Morgan fingerprint density at radius 2 is 2.32 bits per heavy atom. The molecule has 3 atom stereocenters. The summed E-state index contributed by atoms with van der Waals surface area (Å²) in [4.78, 5) is 14.1. The summed E-state index contributed by atoms with van der Waals surface area (Å²) < 4.78 is 5.67. The minimum Gasteiger partial charge on any atom is -0.481 e. The Hall–Kier alpha value is -0.610. The number of hydrogen-bond acceptors (Lipinski definition) is 3. The quantitative estimate of drug-likeness (QED) is 0.851. The smallest absolute Gasteiger partial charge is 0.310 e. The average Bonchev–Trinajstić information content (AvgIpc) is 2.38. The zero-order chi connectivity index (χ0) is 13.9. The number of aliphatic carboxylic acids is 1. The highest BCUT2D eigenvalue weighted by molar-refractivity contribution is 5.75. The van der Waals surface area contributed by atoms with E-state index in [2.05, 4.69) is 18.7 Å². The van der Waals surface area contributed by atoms with Crippen LogP contribution < -0.4 is 0 Å². The molecule has 19 heavy (non-hydrogen) atoms. The molecule has 110 valence electrons. The Bertz CT molecular complexity index is 321. The molecule has 0 amide bonds. The Labute approximate surface area is 116 Å². The summed E-state index contributed by atoms with van der Waals surface area (Å²) in [6.45, 7) is 7.52. The zero-order valence-electron chi connectivity index (χ0n) is 12.2. The fourth-order valence-corrected chi connectivity index (χ4v) is 3.66. The Morgan fingerprint density at radius 3 is 2.95 bits per heavy atom. The second-order valence-corrected chi connectivity index (χ2v) is 6.42. The van der Waals surface area contributed by atoms with Gasteiger partial charge in [0.2, 0.25) is 0 Å². The molecule has 0 aromatic rings. The predicted molar refractivity (Wildman–Crippen MR) is 74.2 cm³/mol. The highest BCUT2D eigenvalue weighted by Gasteiger charge is 2.43. The molecule has 3 unspecified atom stereocenters. The maximum Gasteiger partial charge on any atom is 0.310 e. The van der Waals surface area contributed by atoms with Crippen LogP contribution >= 0.6 is 0 Å². The molecule has 2 rings (SSSR count). The lowest BCUT2D eigenvalue weighted by atomic mass is 9.69. The van der Waals surface area contributed by atoms with Gasteiger partial charge in [0.05, 0.1) is 18.1 Å². The maximum absolute atomic E-state index is 11.8. The van der Waals surface area contributed by atoms with Crippen molar-refractivity contribution in [3.8, 4) is 0 Å². The van der Waals surface area contributed by atoms with E-state index >= 15 is 0 Å². The third-order valence-electron chi connectivity index (χ3n) is 4.75. The minimum atomic E-state index is -0.599. The SMILES string of the molecule is CCC1CN(CC2(C(=O)O)CCCC(C)C2)CCO1. The van der Waals surface area contributed by atoms with Crippen molar-refractivity contribution in [3.05, 3.63) is 0 Å². The number of morpholine rings is 1. The summed E-state index contributed by atoms with van der Waals surface area (Å²) in [6, 6.07) is 0. The van der Waals surface area contributed by atoms with Gasteiger partial charge in [-0.15, -0.1) is 0 Å². The van der Waals surface area contributed by atoms with Crippen LogP contribution in [0.5, 0.6) is 0 Å². The van der Waals surface area contributed by atoms with Crippen LogP contribution in [0.4, 0.5) is 0 Å². The number of nitrogens with zero attached hydrogens (tertiary/aromatic N) is 1. The summed E-state index contributed by atoms with van der Waals surface area (Å²) in [5.74, 6) is -0.0635. The van der Waals surface area contributed by atoms with E-state index in [0.29, 0.717) is 12.5 Å². The molecule has 0 aromatic carbocycles. The van der Waals surface area contributed by atoms with Gasteiger partial charge in [-0.2, -0.15) is 0 Å². The molecule has 1 saturated carbocycles. The summed E-state index contributed by atoms with van der Waals surface area (Å²) >= 11 is 0. The van der Waals surface area contributed by atoms with Gasteiger partial charge in [0.25, 0.3) is 0 Å². The molecule has 1 saturated heterocycles. The highest BCUT2D eigenvalue weighted by Crippen LogP contribution is 2.40. The molecule has 0 aromatic heterocycles. The van der Waals surface area contributed by atoms with Gasteiger partial charge < -0.3 is 9.84 Å². The van der Waals surface area contributed by atoms with Crippen LogP contribution in [0.25, 0.3) is 0 Å². The maximum atomic E-state index is 11.8. The van der Waals surface area contributed by atoms with Gasteiger partial charge in [-0.05, 0) is 25.2 Å². The van der Waals surface area contributed by atoms with Crippen LogP contribution in [-0.4, -0.2) is 48.3 Å². The van der Waals surface area contributed by atoms with Gasteiger partial charge >= 0.3 is 5.97 Å². The van der Waals surface area contributed by atoms with E-state index in [4.69, 9.17) is 4.74 Å². The van der Waals surface area contributed by atoms with E-state index in [1.165, 1.54) is 6.42 Å². The second kappa shape index (κ2) is 6.23. The van der Waals surface area contributed by atoms with E-state index in [1.54, 1.807) is 0 Å². The predicted octanol–water partition coefficient (Wildman–Crippen LogP) is 2.38. The van der Waals surface area contributed by atoms with Crippen molar-refractivity contribution in [3.63, 3.8) is 0 Å². The monoisotopic (exact) mass is 269 g/mol. The molecule has 0 bridgehead atoms. The van der Waals surface area contributed by atoms with Crippen LogP contribution in [0.3, 0.4) is 0 Å². The molecule has 2 fully saturated rings. The van der Waals surface area contributed by atoms with E-state index in [-0.39, 0.29) is 6.10 Å². The number of carbonyl (C=O) groups is 1. The van der Waals surface area contributed by atoms with Crippen molar-refractivity contribution in [2.45, 2.75) is 52.1 Å². The molecule has 1 heterocycles. The van der Waals surface area contributed by atoms with E-state index < -0.39 is 11.4 Å². The first-order chi connectivity index (χ1) is 9.05. The van der Waals surface area contributed by atoms with Gasteiger partial charge in [-0.1, -0.05) is 26.7 Å². The minimum absolute atomic E-state index is 0.278. The fourth-order valence-electron chi connectivity index (χ4n) is 3.66. The van der Waals surface area contributed by atoms with Crippen molar-refractivity contribution in [2.24, 2.45) is 11.3 Å². The zero-order valence-corrected chi connectivity index (χ0v) is 12.2. The summed E-state index contributed by atoms with van der Waals surface area (Å²) in [6.07, 6.45) is 5.18. The fraction of sp³-hybridized carbons (Fsp3) is 0.933. The van der Waals surface area contributed by atoms with Crippen LogP contribution in [0, 0.1) is 11.3 Å². The number of ether oxygens (including phenoxy) is 1.